The van der Waals surface area contributed by atoms with Crippen molar-refractivity contribution >= 4 is 17.6 Å². The van der Waals surface area contributed by atoms with E-state index in [-0.39, 0.29) is 24.5 Å². The number of likely N-dealkylation sites (tertiary alicyclic amines) is 1. The second-order valence-electron chi connectivity index (χ2n) is 7.08. The summed E-state index contributed by atoms with van der Waals surface area (Å²) in [5, 5.41) is 15.2. The maximum Gasteiger partial charge on any atom is 0.319 e. The monoisotopic (exact) mass is 347 g/mol. The van der Waals surface area contributed by atoms with Gasteiger partial charge in [0, 0.05) is 30.4 Å². The maximum absolute atomic E-state index is 12.6. The molecule has 0 unspecified atom stereocenters. The summed E-state index contributed by atoms with van der Waals surface area (Å²) in [7, 11) is 0. The molecule has 2 rings (SSSR count). The number of benzene rings is 1. The highest BCUT2D eigenvalue weighted by molar-refractivity contribution is 5.95. The van der Waals surface area contributed by atoms with Crippen molar-refractivity contribution in [3.63, 3.8) is 0 Å². The standard InChI is InChI=1S/C19H29N3O3/c1-4-19(3,25)13-20-18(24)21-16-10-8-15(9-11-16)17(23)22-12-6-5-7-14(22)2/h8-11,14,25H,4-7,12-13H2,1-3H3,(H2,20,21,24)/t14-,19+/m1/s1. The van der Waals surface area contributed by atoms with Gasteiger partial charge in [-0.25, -0.2) is 4.79 Å². The summed E-state index contributed by atoms with van der Waals surface area (Å²) in [6.07, 6.45) is 3.83. The second-order valence-corrected chi connectivity index (χ2v) is 7.08. The van der Waals surface area contributed by atoms with E-state index < -0.39 is 5.60 Å². The average molecular weight is 347 g/mol. The van der Waals surface area contributed by atoms with Crippen molar-refractivity contribution in [2.45, 2.75) is 58.1 Å². The third-order valence-electron chi connectivity index (χ3n) is 4.85. The number of carbonyl (C=O) groups is 2. The van der Waals surface area contributed by atoms with Crippen LogP contribution in [0.25, 0.3) is 0 Å². The second kappa shape index (κ2) is 8.34. The van der Waals surface area contributed by atoms with Crippen LogP contribution in [-0.4, -0.2) is 46.7 Å². The van der Waals surface area contributed by atoms with Gasteiger partial charge in [0.2, 0.25) is 0 Å². The van der Waals surface area contributed by atoms with Gasteiger partial charge in [0.05, 0.1) is 5.60 Å². The van der Waals surface area contributed by atoms with Crippen molar-refractivity contribution in [1.29, 1.82) is 0 Å². The lowest BCUT2D eigenvalue weighted by Crippen LogP contribution is -2.42. The zero-order valence-corrected chi connectivity index (χ0v) is 15.3. The summed E-state index contributed by atoms with van der Waals surface area (Å²) in [5.74, 6) is 0.0437. The van der Waals surface area contributed by atoms with E-state index >= 15 is 0 Å². The normalized spacial score (nSPS) is 19.8. The van der Waals surface area contributed by atoms with Crippen molar-refractivity contribution in [2.75, 3.05) is 18.4 Å². The van der Waals surface area contributed by atoms with Crippen molar-refractivity contribution in [3.05, 3.63) is 29.8 Å². The summed E-state index contributed by atoms with van der Waals surface area (Å²) in [6, 6.07) is 6.82. The van der Waals surface area contributed by atoms with Crippen molar-refractivity contribution in [1.82, 2.24) is 10.2 Å². The van der Waals surface area contributed by atoms with Gasteiger partial charge in [-0.3, -0.25) is 4.79 Å². The first-order valence-electron chi connectivity index (χ1n) is 9.00. The number of nitrogens with one attached hydrogen (secondary N) is 2. The van der Waals surface area contributed by atoms with Gasteiger partial charge in [-0.1, -0.05) is 6.92 Å². The molecule has 1 heterocycles. The van der Waals surface area contributed by atoms with Crippen LogP contribution in [0.3, 0.4) is 0 Å². The minimum Gasteiger partial charge on any atom is -0.388 e. The predicted octanol–water partition coefficient (Wildman–Crippen LogP) is 2.98. The Morgan fingerprint density at radius 3 is 2.56 bits per heavy atom. The van der Waals surface area contributed by atoms with E-state index in [9.17, 15) is 14.7 Å². The Labute approximate surface area is 149 Å². The van der Waals surface area contributed by atoms with Gasteiger partial charge in [-0.05, 0) is 63.8 Å². The van der Waals surface area contributed by atoms with Gasteiger partial charge in [0.25, 0.3) is 5.91 Å². The molecular formula is C19H29N3O3. The van der Waals surface area contributed by atoms with Crippen LogP contribution < -0.4 is 10.6 Å². The predicted molar refractivity (Wildman–Crippen MR) is 98.7 cm³/mol. The molecule has 1 fully saturated rings. The van der Waals surface area contributed by atoms with E-state index in [1.165, 1.54) is 6.42 Å². The minimum absolute atomic E-state index is 0.0437. The number of piperidine rings is 1. The number of aliphatic hydroxyl groups is 1. The Balaban J connectivity index is 1.91. The van der Waals surface area contributed by atoms with Gasteiger partial charge >= 0.3 is 6.03 Å². The van der Waals surface area contributed by atoms with Crippen LogP contribution >= 0.6 is 0 Å². The number of urea groups is 1. The molecule has 2 atom stereocenters. The van der Waals surface area contributed by atoms with Crippen LogP contribution in [-0.2, 0) is 0 Å². The molecule has 1 aliphatic heterocycles. The lowest BCUT2D eigenvalue weighted by atomic mass is 10.0. The molecule has 0 bridgehead atoms. The first-order chi connectivity index (χ1) is 11.8. The van der Waals surface area contributed by atoms with Gasteiger partial charge in [-0.2, -0.15) is 0 Å². The molecule has 0 saturated carbocycles. The van der Waals surface area contributed by atoms with E-state index in [1.54, 1.807) is 31.2 Å². The zero-order chi connectivity index (χ0) is 18.4. The Bertz CT molecular complexity index is 598. The largest absolute Gasteiger partial charge is 0.388 e. The first-order valence-corrected chi connectivity index (χ1v) is 9.00. The summed E-state index contributed by atoms with van der Waals surface area (Å²) < 4.78 is 0. The molecule has 0 radical (unpaired) electrons. The fraction of sp³-hybridized carbons (Fsp3) is 0.579. The molecule has 1 aromatic rings. The molecule has 25 heavy (non-hydrogen) atoms. The molecule has 6 heteroatoms. The molecule has 1 aromatic carbocycles. The lowest BCUT2D eigenvalue weighted by molar-refractivity contribution is 0.0586. The van der Waals surface area contributed by atoms with Crippen molar-refractivity contribution < 1.29 is 14.7 Å². The highest BCUT2D eigenvalue weighted by Gasteiger charge is 2.24. The van der Waals surface area contributed by atoms with E-state index in [2.05, 4.69) is 17.6 Å². The number of rotatable bonds is 5. The third-order valence-corrected chi connectivity index (χ3v) is 4.85. The molecule has 0 spiro atoms. The highest BCUT2D eigenvalue weighted by atomic mass is 16.3. The number of amides is 3. The van der Waals surface area contributed by atoms with E-state index in [0.29, 0.717) is 17.7 Å². The van der Waals surface area contributed by atoms with Crippen LogP contribution in [0.2, 0.25) is 0 Å². The summed E-state index contributed by atoms with van der Waals surface area (Å²) in [4.78, 5) is 26.4. The van der Waals surface area contributed by atoms with E-state index in [0.717, 1.165) is 19.4 Å². The van der Waals surface area contributed by atoms with E-state index in [1.807, 2.05) is 11.8 Å². The molecule has 0 aliphatic carbocycles. The quantitative estimate of drug-likeness (QED) is 0.766. The Kier molecular flexibility index (Phi) is 6.42. The molecule has 3 N–H and O–H groups in total. The van der Waals surface area contributed by atoms with Crippen molar-refractivity contribution in [2.24, 2.45) is 0 Å². The minimum atomic E-state index is -0.918. The zero-order valence-electron chi connectivity index (χ0n) is 15.3. The van der Waals surface area contributed by atoms with Crippen LogP contribution in [0.4, 0.5) is 10.5 Å². The summed E-state index contributed by atoms with van der Waals surface area (Å²) in [6.45, 7) is 6.61. The summed E-state index contributed by atoms with van der Waals surface area (Å²) in [5.41, 5.74) is 0.323. The number of nitrogens with zero attached hydrogens (tertiary/aromatic N) is 1. The number of anilines is 1. The van der Waals surface area contributed by atoms with Gasteiger partial charge in [0.15, 0.2) is 0 Å². The smallest absolute Gasteiger partial charge is 0.319 e. The van der Waals surface area contributed by atoms with Crippen LogP contribution in [0, 0.1) is 0 Å². The fourth-order valence-corrected chi connectivity index (χ4v) is 2.83. The molecule has 1 saturated heterocycles. The lowest BCUT2D eigenvalue weighted by Gasteiger charge is -2.33. The molecule has 1 aliphatic rings. The molecule has 6 nitrogen and oxygen atoms in total. The number of carbonyl (C=O) groups excluding carboxylic acids is 2. The molecule has 0 aromatic heterocycles. The summed E-state index contributed by atoms with van der Waals surface area (Å²) >= 11 is 0. The Hall–Kier alpha value is -2.08. The SMILES string of the molecule is CC[C@](C)(O)CNC(=O)Nc1ccc(C(=O)N2CCCC[C@H]2C)cc1. The van der Waals surface area contributed by atoms with Crippen LogP contribution in [0.5, 0.6) is 0 Å². The molecule has 138 valence electrons. The topological polar surface area (TPSA) is 81.7 Å². The average Bonchev–Trinajstić information content (AvgIpc) is 2.61. The van der Waals surface area contributed by atoms with Crippen LogP contribution in [0.1, 0.15) is 56.8 Å². The molecule has 3 amide bonds. The van der Waals surface area contributed by atoms with Crippen molar-refractivity contribution in [3.8, 4) is 0 Å². The number of hydrogen-bond acceptors (Lipinski definition) is 3. The van der Waals surface area contributed by atoms with E-state index in [4.69, 9.17) is 0 Å². The fourth-order valence-electron chi connectivity index (χ4n) is 2.83. The maximum atomic E-state index is 12.6. The van der Waals surface area contributed by atoms with Gasteiger partial charge in [0.1, 0.15) is 0 Å². The first kappa shape index (κ1) is 19.2. The Morgan fingerprint density at radius 2 is 1.96 bits per heavy atom. The molecular weight excluding hydrogens is 318 g/mol. The Morgan fingerprint density at radius 1 is 1.28 bits per heavy atom. The van der Waals surface area contributed by atoms with Crippen LogP contribution in [0.15, 0.2) is 24.3 Å². The third kappa shape index (κ3) is 5.46. The van der Waals surface area contributed by atoms with Gasteiger partial charge in [-0.15, -0.1) is 0 Å². The number of hydrogen-bond donors (Lipinski definition) is 3. The van der Waals surface area contributed by atoms with Gasteiger partial charge < -0.3 is 20.6 Å². The highest BCUT2D eigenvalue weighted by Crippen LogP contribution is 2.20.